The molecule has 3 rings (SSSR count). The largest absolute Gasteiger partial charge is 0.292 e. The van der Waals surface area contributed by atoms with E-state index in [2.05, 4.69) is 26.6 Å². The van der Waals surface area contributed by atoms with Gasteiger partial charge in [0.1, 0.15) is 12.9 Å². The van der Waals surface area contributed by atoms with Crippen LogP contribution in [0, 0.1) is 13.8 Å². The van der Waals surface area contributed by atoms with E-state index in [4.69, 9.17) is 0 Å². The third-order valence-corrected chi connectivity index (χ3v) is 3.44. The maximum atomic E-state index is 12.0. The van der Waals surface area contributed by atoms with Gasteiger partial charge in [0, 0.05) is 11.9 Å². The molecule has 3 aromatic rings. The van der Waals surface area contributed by atoms with Gasteiger partial charge in [0.25, 0.3) is 0 Å². The smallest absolute Gasteiger partial charge is 0.248 e. The van der Waals surface area contributed by atoms with Crippen LogP contribution in [0.1, 0.15) is 16.8 Å². The first-order valence-electron chi connectivity index (χ1n) is 7.33. The van der Waals surface area contributed by atoms with Gasteiger partial charge < -0.3 is 0 Å². The summed E-state index contributed by atoms with van der Waals surface area (Å²) in [6.07, 6.45) is 3.27. The van der Waals surface area contributed by atoms with Gasteiger partial charge in [-0.25, -0.2) is 9.67 Å². The summed E-state index contributed by atoms with van der Waals surface area (Å²) in [7, 11) is 0. The summed E-state index contributed by atoms with van der Waals surface area (Å²) in [5.74, 6) is 0.0950. The van der Waals surface area contributed by atoms with Crippen LogP contribution in [-0.2, 0) is 17.9 Å². The Morgan fingerprint density at radius 3 is 2.87 bits per heavy atom. The number of carbonyl (C=O) groups excluding carboxylic acids is 1. The number of hydrogen-bond donors (Lipinski definition) is 1. The highest BCUT2D eigenvalue weighted by Gasteiger charge is 2.09. The van der Waals surface area contributed by atoms with E-state index in [0.717, 1.165) is 11.3 Å². The fraction of sp³-hybridized carbons (Fsp3) is 0.250. The number of rotatable bonds is 5. The first kappa shape index (κ1) is 15.0. The molecule has 0 unspecified atom stereocenters. The normalized spacial score (nSPS) is 10.7. The van der Waals surface area contributed by atoms with Crippen LogP contribution in [0.15, 0.2) is 42.9 Å². The zero-order valence-electron chi connectivity index (χ0n) is 13.1. The summed E-state index contributed by atoms with van der Waals surface area (Å²) in [5, 5.41) is 11.0. The van der Waals surface area contributed by atoms with Crippen LogP contribution >= 0.6 is 0 Å². The molecule has 0 aliphatic heterocycles. The van der Waals surface area contributed by atoms with Crippen molar-refractivity contribution in [3.8, 4) is 0 Å². The minimum Gasteiger partial charge on any atom is -0.292 e. The number of benzene rings is 1. The van der Waals surface area contributed by atoms with E-state index in [-0.39, 0.29) is 12.5 Å². The lowest BCUT2D eigenvalue weighted by atomic mass is 10.1. The van der Waals surface area contributed by atoms with Gasteiger partial charge in [0.2, 0.25) is 11.9 Å². The van der Waals surface area contributed by atoms with Crippen LogP contribution in [0.2, 0.25) is 0 Å². The average Bonchev–Trinajstić information content (AvgIpc) is 3.09. The van der Waals surface area contributed by atoms with Crippen LogP contribution in [0.3, 0.4) is 0 Å². The van der Waals surface area contributed by atoms with Gasteiger partial charge in [0.05, 0.1) is 6.54 Å². The molecule has 0 saturated carbocycles. The van der Waals surface area contributed by atoms with Crippen LogP contribution < -0.4 is 5.32 Å². The Hall–Kier alpha value is -2.96. The lowest BCUT2D eigenvalue weighted by Gasteiger charge is -2.04. The second-order valence-corrected chi connectivity index (χ2v) is 5.43. The van der Waals surface area contributed by atoms with Gasteiger partial charge in [0.15, 0.2) is 0 Å². The molecule has 23 heavy (non-hydrogen) atoms. The van der Waals surface area contributed by atoms with Gasteiger partial charge in [-0.2, -0.15) is 5.10 Å². The zero-order valence-corrected chi connectivity index (χ0v) is 13.1. The number of carbonyl (C=O) groups is 1. The summed E-state index contributed by atoms with van der Waals surface area (Å²) >= 11 is 0. The molecule has 0 saturated heterocycles. The fourth-order valence-electron chi connectivity index (χ4n) is 2.29. The molecule has 0 aliphatic rings. The average molecular weight is 310 g/mol. The van der Waals surface area contributed by atoms with Gasteiger partial charge in [-0.3, -0.25) is 14.8 Å². The van der Waals surface area contributed by atoms with Crippen molar-refractivity contribution >= 4 is 11.9 Å². The van der Waals surface area contributed by atoms with E-state index in [1.807, 2.05) is 38.1 Å². The van der Waals surface area contributed by atoms with Crippen molar-refractivity contribution < 1.29 is 4.79 Å². The van der Waals surface area contributed by atoms with Crippen LogP contribution in [0.5, 0.6) is 0 Å². The van der Waals surface area contributed by atoms with Crippen molar-refractivity contribution in [2.45, 2.75) is 26.9 Å². The maximum Gasteiger partial charge on any atom is 0.248 e. The highest BCUT2D eigenvalue weighted by atomic mass is 16.2. The number of nitrogens with zero attached hydrogens (tertiary/aromatic N) is 5. The molecule has 7 heteroatoms. The predicted molar refractivity (Wildman–Crippen MR) is 85.9 cm³/mol. The molecule has 1 N–H and O–H groups in total. The van der Waals surface area contributed by atoms with E-state index < -0.39 is 0 Å². The summed E-state index contributed by atoms with van der Waals surface area (Å²) in [6, 6.07) is 10.0. The van der Waals surface area contributed by atoms with Gasteiger partial charge in [-0.1, -0.05) is 29.8 Å². The molecule has 0 aliphatic carbocycles. The van der Waals surface area contributed by atoms with Crippen LogP contribution in [0.25, 0.3) is 0 Å². The summed E-state index contributed by atoms with van der Waals surface area (Å²) in [4.78, 5) is 16.1. The van der Waals surface area contributed by atoms with E-state index >= 15 is 0 Å². The zero-order chi connectivity index (χ0) is 16.2. The number of amides is 1. The predicted octanol–water partition coefficient (Wildman–Crippen LogP) is 1.78. The van der Waals surface area contributed by atoms with Crippen molar-refractivity contribution in [3.05, 3.63) is 59.7 Å². The number of aromatic nitrogens is 5. The van der Waals surface area contributed by atoms with Crippen molar-refractivity contribution in [3.63, 3.8) is 0 Å². The van der Waals surface area contributed by atoms with Gasteiger partial charge >= 0.3 is 0 Å². The van der Waals surface area contributed by atoms with E-state index in [0.29, 0.717) is 12.5 Å². The first-order chi connectivity index (χ1) is 11.1. The molecule has 2 aromatic heterocycles. The van der Waals surface area contributed by atoms with Gasteiger partial charge in [-0.15, -0.1) is 5.10 Å². The van der Waals surface area contributed by atoms with Crippen molar-refractivity contribution in [2.24, 2.45) is 0 Å². The number of nitrogens with one attached hydrogen (secondary N) is 1. The molecule has 1 amide bonds. The van der Waals surface area contributed by atoms with Crippen molar-refractivity contribution in [1.82, 2.24) is 24.5 Å². The standard InChI is InChI=1S/C16H18N6O/c1-12-4-3-5-14(8-12)9-21-11-17-16(20-21)19-15(23)10-22-13(2)6-7-18-22/h3-8,11H,9-10H2,1-2H3,(H,19,20,23). The summed E-state index contributed by atoms with van der Waals surface area (Å²) < 4.78 is 3.32. The lowest BCUT2D eigenvalue weighted by molar-refractivity contribution is -0.117. The van der Waals surface area contributed by atoms with E-state index in [9.17, 15) is 4.79 Å². The highest BCUT2D eigenvalue weighted by Crippen LogP contribution is 2.07. The minimum atomic E-state index is -0.204. The minimum absolute atomic E-state index is 0.144. The molecule has 7 nitrogen and oxygen atoms in total. The van der Waals surface area contributed by atoms with E-state index in [1.165, 1.54) is 5.56 Å². The Kier molecular flexibility index (Phi) is 4.18. The molecular formula is C16H18N6O. The Bertz CT molecular complexity index is 819. The highest BCUT2D eigenvalue weighted by molar-refractivity contribution is 5.88. The quantitative estimate of drug-likeness (QED) is 0.779. The molecular weight excluding hydrogens is 292 g/mol. The molecule has 0 bridgehead atoms. The molecule has 1 aromatic carbocycles. The second-order valence-electron chi connectivity index (χ2n) is 5.43. The molecule has 0 atom stereocenters. The topological polar surface area (TPSA) is 77.6 Å². The Morgan fingerprint density at radius 1 is 1.26 bits per heavy atom. The summed E-state index contributed by atoms with van der Waals surface area (Å²) in [6.45, 7) is 4.71. The number of aryl methyl sites for hydroxylation is 2. The third kappa shape index (κ3) is 3.82. The molecule has 118 valence electrons. The first-order valence-corrected chi connectivity index (χ1v) is 7.33. The maximum absolute atomic E-state index is 12.0. The van der Waals surface area contributed by atoms with Crippen LogP contribution in [0.4, 0.5) is 5.95 Å². The number of anilines is 1. The monoisotopic (exact) mass is 310 g/mol. The third-order valence-electron chi connectivity index (χ3n) is 3.44. The molecule has 0 spiro atoms. The SMILES string of the molecule is Cc1cccc(Cn2cnc(NC(=O)Cn3nccc3C)n2)c1. The Morgan fingerprint density at radius 2 is 2.13 bits per heavy atom. The molecule has 0 fully saturated rings. The van der Waals surface area contributed by atoms with Crippen LogP contribution in [-0.4, -0.2) is 30.5 Å². The van der Waals surface area contributed by atoms with Crippen molar-refractivity contribution in [2.75, 3.05) is 5.32 Å². The lowest BCUT2D eigenvalue weighted by Crippen LogP contribution is -2.21. The molecule has 2 heterocycles. The van der Waals surface area contributed by atoms with Crippen molar-refractivity contribution in [1.29, 1.82) is 0 Å². The van der Waals surface area contributed by atoms with E-state index in [1.54, 1.807) is 21.9 Å². The second kappa shape index (κ2) is 6.43. The fourth-order valence-corrected chi connectivity index (χ4v) is 2.29. The Labute approximate surface area is 134 Å². The molecule has 0 radical (unpaired) electrons. The van der Waals surface area contributed by atoms with Gasteiger partial charge in [-0.05, 0) is 25.5 Å². The Balaban J connectivity index is 1.61. The summed E-state index contributed by atoms with van der Waals surface area (Å²) in [5.41, 5.74) is 3.27. The number of hydrogen-bond acceptors (Lipinski definition) is 4.